The molecule has 0 aliphatic carbocycles. The molecule has 2 rings (SSSR count). The lowest BCUT2D eigenvalue weighted by Crippen LogP contribution is -2.02. The van der Waals surface area contributed by atoms with Crippen molar-refractivity contribution in [2.75, 3.05) is 5.32 Å². The zero-order valence-corrected chi connectivity index (χ0v) is 13.3. The molecule has 0 heterocycles. The Bertz CT molecular complexity index is 615. The predicted molar refractivity (Wildman–Crippen MR) is 80.3 cm³/mol. The lowest BCUT2D eigenvalue weighted by atomic mass is 10.1. The second-order valence-corrected chi connectivity index (χ2v) is 5.88. The number of hydrogen-bond acceptors (Lipinski definition) is 1. The maximum Gasteiger partial charge on any atom is 0.137 e. The molecule has 100 valence electrons. The number of aryl methyl sites for hydroxylation is 1. The van der Waals surface area contributed by atoms with Crippen molar-refractivity contribution in [3.8, 4) is 0 Å². The molecule has 0 spiro atoms. The van der Waals surface area contributed by atoms with Crippen molar-refractivity contribution < 1.29 is 8.78 Å². The molecule has 0 aliphatic heterocycles. The highest BCUT2D eigenvalue weighted by Crippen LogP contribution is 2.25. The minimum atomic E-state index is -0.286. The molecule has 0 amide bonds. The van der Waals surface area contributed by atoms with Gasteiger partial charge < -0.3 is 5.32 Å². The topological polar surface area (TPSA) is 12.0 Å². The largest absolute Gasteiger partial charge is 0.381 e. The highest BCUT2D eigenvalue weighted by molar-refractivity contribution is 9.10. The fourth-order valence-corrected chi connectivity index (χ4v) is 2.53. The van der Waals surface area contributed by atoms with E-state index in [1.54, 1.807) is 12.1 Å². The summed E-state index contributed by atoms with van der Waals surface area (Å²) in [6.07, 6.45) is 0. The summed E-state index contributed by atoms with van der Waals surface area (Å²) in [6, 6.07) is 7.70. The molecule has 0 saturated carbocycles. The first kappa shape index (κ1) is 14.5. The summed E-state index contributed by atoms with van der Waals surface area (Å²) >= 11 is 6.47. The van der Waals surface area contributed by atoms with Gasteiger partial charge in [-0.25, -0.2) is 8.78 Å². The quantitative estimate of drug-likeness (QED) is 0.738. The summed E-state index contributed by atoms with van der Waals surface area (Å²) in [5, 5.41) is 3.21. The number of benzene rings is 2. The van der Waals surface area contributed by atoms with Crippen LogP contribution in [0.25, 0.3) is 0 Å². The lowest BCUT2D eigenvalue weighted by molar-refractivity contribution is 0.620. The van der Waals surface area contributed by atoms with Crippen molar-refractivity contribution in [3.63, 3.8) is 0 Å². The minimum Gasteiger partial charge on any atom is -0.381 e. The van der Waals surface area contributed by atoms with Crippen LogP contribution in [0.4, 0.5) is 14.5 Å². The second-order valence-electron chi connectivity index (χ2n) is 4.17. The molecule has 0 fully saturated rings. The van der Waals surface area contributed by atoms with E-state index in [0.717, 1.165) is 16.8 Å². The van der Waals surface area contributed by atoms with Gasteiger partial charge in [0.15, 0.2) is 0 Å². The van der Waals surface area contributed by atoms with Crippen molar-refractivity contribution >= 4 is 37.5 Å². The summed E-state index contributed by atoms with van der Waals surface area (Å²) in [5.74, 6) is -0.567. The van der Waals surface area contributed by atoms with Gasteiger partial charge >= 0.3 is 0 Å². The maximum atomic E-state index is 13.3. The highest BCUT2D eigenvalue weighted by atomic mass is 79.9. The summed E-state index contributed by atoms with van der Waals surface area (Å²) < 4.78 is 27.4. The van der Waals surface area contributed by atoms with Crippen LogP contribution in [0.3, 0.4) is 0 Å². The molecule has 0 atom stereocenters. The van der Waals surface area contributed by atoms with Crippen molar-refractivity contribution in [2.24, 2.45) is 0 Å². The standard InChI is InChI=1S/C14H11Br2F2N/c1-8-4-13(18)12(16)6-14(8)19-7-9-2-3-10(17)5-11(9)15/h2-6,19H,7H2,1H3. The third-order valence-corrected chi connectivity index (χ3v) is 4.10. The highest BCUT2D eigenvalue weighted by Gasteiger charge is 2.06. The first-order valence-corrected chi connectivity index (χ1v) is 7.19. The Kier molecular flexibility index (Phi) is 4.58. The first-order chi connectivity index (χ1) is 8.97. The van der Waals surface area contributed by atoms with Crippen LogP contribution in [0.5, 0.6) is 0 Å². The summed E-state index contributed by atoms with van der Waals surface area (Å²) in [6.45, 7) is 2.36. The van der Waals surface area contributed by atoms with Gasteiger partial charge in [0, 0.05) is 16.7 Å². The smallest absolute Gasteiger partial charge is 0.137 e. The van der Waals surface area contributed by atoms with Crippen LogP contribution < -0.4 is 5.32 Å². The van der Waals surface area contributed by atoms with E-state index in [2.05, 4.69) is 37.2 Å². The number of halogens is 4. The van der Waals surface area contributed by atoms with Crippen molar-refractivity contribution in [1.82, 2.24) is 0 Å². The van der Waals surface area contributed by atoms with E-state index in [0.29, 0.717) is 15.5 Å². The Balaban J connectivity index is 2.16. The molecule has 0 saturated heterocycles. The predicted octanol–water partition coefficient (Wildman–Crippen LogP) is 5.41. The third kappa shape index (κ3) is 3.54. The molecule has 0 aromatic heterocycles. The van der Waals surface area contributed by atoms with E-state index < -0.39 is 0 Å². The van der Waals surface area contributed by atoms with Crippen LogP contribution in [-0.4, -0.2) is 0 Å². The van der Waals surface area contributed by atoms with Gasteiger partial charge in [-0.15, -0.1) is 0 Å². The Morgan fingerprint density at radius 2 is 1.79 bits per heavy atom. The van der Waals surface area contributed by atoms with Crippen molar-refractivity contribution in [1.29, 1.82) is 0 Å². The average molecular weight is 391 g/mol. The summed E-state index contributed by atoms with van der Waals surface area (Å²) in [4.78, 5) is 0. The van der Waals surface area contributed by atoms with Crippen LogP contribution >= 0.6 is 31.9 Å². The third-order valence-electron chi connectivity index (χ3n) is 2.75. The van der Waals surface area contributed by atoms with Gasteiger partial charge in [-0.1, -0.05) is 22.0 Å². The number of rotatable bonds is 3. The molecule has 1 N–H and O–H groups in total. The Hall–Kier alpha value is -0.940. The van der Waals surface area contributed by atoms with E-state index in [-0.39, 0.29) is 11.6 Å². The molecule has 1 nitrogen and oxygen atoms in total. The molecule has 5 heteroatoms. The molecule has 0 bridgehead atoms. The molecule has 2 aromatic carbocycles. The Morgan fingerprint density at radius 3 is 2.47 bits per heavy atom. The molecule has 0 radical (unpaired) electrons. The molecule has 2 aromatic rings. The Labute approximate surface area is 127 Å². The lowest BCUT2D eigenvalue weighted by Gasteiger charge is -2.12. The van der Waals surface area contributed by atoms with Crippen LogP contribution in [0.2, 0.25) is 0 Å². The molecule has 0 aliphatic rings. The zero-order valence-electron chi connectivity index (χ0n) is 10.1. The number of anilines is 1. The average Bonchev–Trinajstić information content (AvgIpc) is 2.34. The van der Waals surface area contributed by atoms with Gasteiger partial charge in [0.25, 0.3) is 0 Å². The maximum absolute atomic E-state index is 13.3. The second kappa shape index (κ2) is 6.01. The molecule has 0 unspecified atom stereocenters. The van der Waals surface area contributed by atoms with Crippen molar-refractivity contribution in [2.45, 2.75) is 13.5 Å². The van der Waals surface area contributed by atoms with E-state index in [1.807, 2.05) is 6.92 Å². The van der Waals surface area contributed by atoms with Gasteiger partial charge in [-0.05, 0) is 58.2 Å². The van der Waals surface area contributed by atoms with E-state index >= 15 is 0 Å². The van der Waals surface area contributed by atoms with E-state index in [1.165, 1.54) is 18.2 Å². The zero-order chi connectivity index (χ0) is 14.0. The summed E-state index contributed by atoms with van der Waals surface area (Å²) in [5.41, 5.74) is 2.59. The fourth-order valence-electron chi connectivity index (χ4n) is 1.69. The Morgan fingerprint density at radius 1 is 1.05 bits per heavy atom. The number of hydrogen-bond donors (Lipinski definition) is 1. The summed E-state index contributed by atoms with van der Waals surface area (Å²) in [7, 11) is 0. The van der Waals surface area contributed by atoms with E-state index in [4.69, 9.17) is 0 Å². The van der Waals surface area contributed by atoms with Crippen LogP contribution in [-0.2, 0) is 6.54 Å². The van der Waals surface area contributed by atoms with Gasteiger partial charge in [0.05, 0.1) is 4.47 Å². The van der Waals surface area contributed by atoms with Crippen LogP contribution in [0.15, 0.2) is 39.3 Å². The molecular formula is C14H11Br2F2N. The van der Waals surface area contributed by atoms with Gasteiger partial charge in [0.2, 0.25) is 0 Å². The minimum absolute atomic E-state index is 0.281. The van der Waals surface area contributed by atoms with E-state index in [9.17, 15) is 8.78 Å². The monoisotopic (exact) mass is 389 g/mol. The van der Waals surface area contributed by atoms with Crippen LogP contribution in [0.1, 0.15) is 11.1 Å². The fraction of sp³-hybridized carbons (Fsp3) is 0.143. The normalized spacial score (nSPS) is 10.6. The van der Waals surface area contributed by atoms with Gasteiger partial charge in [0.1, 0.15) is 11.6 Å². The molecular weight excluding hydrogens is 380 g/mol. The number of nitrogens with one attached hydrogen (secondary N) is 1. The first-order valence-electron chi connectivity index (χ1n) is 5.61. The molecule has 19 heavy (non-hydrogen) atoms. The van der Waals surface area contributed by atoms with Crippen LogP contribution in [0, 0.1) is 18.6 Å². The van der Waals surface area contributed by atoms with Crippen molar-refractivity contribution in [3.05, 3.63) is 62.0 Å². The van der Waals surface area contributed by atoms with Gasteiger partial charge in [-0.3, -0.25) is 0 Å². The SMILES string of the molecule is Cc1cc(F)c(Br)cc1NCc1ccc(F)cc1Br. The van der Waals surface area contributed by atoms with Gasteiger partial charge in [-0.2, -0.15) is 0 Å².